The second-order valence-electron chi connectivity index (χ2n) is 4.85. The predicted octanol–water partition coefficient (Wildman–Crippen LogP) is 4.26. The van der Waals surface area contributed by atoms with Gasteiger partial charge in [0.05, 0.1) is 13.2 Å². The predicted molar refractivity (Wildman–Crippen MR) is 89.7 cm³/mol. The zero-order chi connectivity index (χ0) is 15.2. The molecule has 0 bridgehead atoms. The normalized spacial score (nSPS) is 10.5. The Balaban J connectivity index is 2.07. The van der Waals surface area contributed by atoms with Crippen molar-refractivity contribution in [3.8, 4) is 5.75 Å². The van der Waals surface area contributed by atoms with Gasteiger partial charge in [0.25, 0.3) is 0 Å². The van der Waals surface area contributed by atoms with Gasteiger partial charge in [-0.2, -0.15) is 0 Å². The first-order valence-corrected chi connectivity index (χ1v) is 7.78. The number of aliphatic hydroxyl groups is 1. The fourth-order valence-corrected chi connectivity index (χ4v) is 2.38. The minimum absolute atomic E-state index is 0.0256. The lowest BCUT2D eigenvalue weighted by atomic mass is 10.1. The molecule has 0 spiro atoms. The van der Waals surface area contributed by atoms with Crippen LogP contribution < -0.4 is 10.1 Å². The lowest BCUT2D eigenvalue weighted by molar-refractivity contribution is 0.267. The molecule has 21 heavy (non-hydrogen) atoms. The molecule has 0 radical (unpaired) electrons. The molecule has 0 heterocycles. The number of nitrogens with one attached hydrogen (secondary N) is 1. The van der Waals surface area contributed by atoms with E-state index < -0.39 is 0 Å². The van der Waals surface area contributed by atoms with Gasteiger partial charge in [0.15, 0.2) is 0 Å². The van der Waals surface area contributed by atoms with E-state index in [9.17, 15) is 5.11 Å². The third kappa shape index (κ3) is 4.22. The SMILES string of the molecule is CCOc1ccc(NCc2ccc(Br)c(C)c2)cc1CO. The summed E-state index contributed by atoms with van der Waals surface area (Å²) in [5.74, 6) is 0.741. The molecular formula is C17H20BrNO2. The van der Waals surface area contributed by atoms with Gasteiger partial charge in [-0.05, 0) is 49.2 Å². The van der Waals surface area contributed by atoms with Crippen LogP contribution in [-0.4, -0.2) is 11.7 Å². The van der Waals surface area contributed by atoms with Crippen LogP contribution in [0.5, 0.6) is 5.75 Å². The summed E-state index contributed by atoms with van der Waals surface area (Å²) in [6, 6.07) is 12.1. The van der Waals surface area contributed by atoms with E-state index in [4.69, 9.17) is 4.74 Å². The Kier molecular flexibility index (Phi) is 5.65. The molecule has 0 aliphatic rings. The van der Waals surface area contributed by atoms with Gasteiger partial charge in [0, 0.05) is 22.3 Å². The zero-order valence-electron chi connectivity index (χ0n) is 12.3. The van der Waals surface area contributed by atoms with E-state index in [1.54, 1.807) is 0 Å². The third-order valence-electron chi connectivity index (χ3n) is 3.25. The molecule has 0 saturated carbocycles. The lowest BCUT2D eigenvalue weighted by Gasteiger charge is -2.12. The summed E-state index contributed by atoms with van der Waals surface area (Å²) in [5.41, 5.74) is 4.21. The average molecular weight is 350 g/mol. The number of aliphatic hydroxyl groups excluding tert-OH is 1. The van der Waals surface area contributed by atoms with Crippen molar-refractivity contribution < 1.29 is 9.84 Å². The van der Waals surface area contributed by atoms with Crippen LogP contribution in [0.4, 0.5) is 5.69 Å². The van der Waals surface area contributed by atoms with Crippen LogP contribution in [0, 0.1) is 6.92 Å². The number of hydrogen-bond acceptors (Lipinski definition) is 3. The van der Waals surface area contributed by atoms with E-state index >= 15 is 0 Å². The quantitative estimate of drug-likeness (QED) is 0.818. The Labute approximate surface area is 134 Å². The summed E-state index contributed by atoms with van der Waals surface area (Å²) >= 11 is 3.50. The molecule has 3 nitrogen and oxygen atoms in total. The molecule has 4 heteroatoms. The largest absolute Gasteiger partial charge is 0.494 e. The maximum atomic E-state index is 9.41. The number of hydrogen-bond donors (Lipinski definition) is 2. The second-order valence-corrected chi connectivity index (χ2v) is 5.71. The Bertz CT molecular complexity index is 614. The molecule has 2 aromatic rings. The maximum Gasteiger partial charge on any atom is 0.124 e. The van der Waals surface area contributed by atoms with E-state index in [0.717, 1.165) is 28.0 Å². The standard InChI is InChI=1S/C17H20BrNO2/c1-3-21-17-7-5-15(9-14(17)11-20)19-10-13-4-6-16(18)12(2)8-13/h4-9,19-20H,3,10-11H2,1-2H3. The van der Waals surface area contributed by atoms with Gasteiger partial charge in [-0.15, -0.1) is 0 Å². The summed E-state index contributed by atoms with van der Waals surface area (Å²) in [5, 5.41) is 12.8. The number of benzene rings is 2. The molecule has 0 aliphatic heterocycles. The Hall–Kier alpha value is -1.52. The smallest absolute Gasteiger partial charge is 0.124 e. The van der Waals surface area contributed by atoms with Gasteiger partial charge in [-0.1, -0.05) is 28.1 Å². The van der Waals surface area contributed by atoms with Crippen LogP contribution in [0.2, 0.25) is 0 Å². The van der Waals surface area contributed by atoms with Crippen LogP contribution in [0.3, 0.4) is 0 Å². The minimum atomic E-state index is -0.0256. The van der Waals surface area contributed by atoms with E-state index in [-0.39, 0.29) is 6.61 Å². The number of aryl methyl sites for hydroxylation is 1. The van der Waals surface area contributed by atoms with Gasteiger partial charge in [-0.25, -0.2) is 0 Å². The summed E-state index contributed by atoms with van der Waals surface area (Å²) in [6.45, 7) is 5.32. The van der Waals surface area contributed by atoms with Crippen LogP contribution in [-0.2, 0) is 13.2 Å². The molecule has 0 unspecified atom stereocenters. The van der Waals surface area contributed by atoms with Gasteiger partial charge in [0.1, 0.15) is 5.75 Å². The average Bonchev–Trinajstić information content (AvgIpc) is 2.49. The monoisotopic (exact) mass is 349 g/mol. The van der Waals surface area contributed by atoms with Crippen LogP contribution in [0.15, 0.2) is 40.9 Å². The van der Waals surface area contributed by atoms with Crippen LogP contribution >= 0.6 is 15.9 Å². The van der Waals surface area contributed by atoms with Crippen molar-refractivity contribution in [2.45, 2.75) is 27.0 Å². The summed E-state index contributed by atoms with van der Waals surface area (Å²) < 4.78 is 6.60. The van der Waals surface area contributed by atoms with Crippen molar-refractivity contribution in [2.75, 3.05) is 11.9 Å². The number of rotatable bonds is 6. The van der Waals surface area contributed by atoms with Crippen molar-refractivity contribution in [3.05, 3.63) is 57.6 Å². The molecule has 0 amide bonds. The van der Waals surface area contributed by atoms with E-state index in [0.29, 0.717) is 6.61 Å². The first-order chi connectivity index (χ1) is 10.1. The van der Waals surface area contributed by atoms with Gasteiger partial charge < -0.3 is 15.2 Å². The topological polar surface area (TPSA) is 41.5 Å². The Morgan fingerprint density at radius 1 is 1.19 bits per heavy atom. The number of ether oxygens (including phenoxy) is 1. The van der Waals surface area contributed by atoms with Crippen molar-refractivity contribution >= 4 is 21.6 Å². The van der Waals surface area contributed by atoms with Crippen LogP contribution in [0.25, 0.3) is 0 Å². The first-order valence-electron chi connectivity index (χ1n) is 6.99. The van der Waals surface area contributed by atoms with Gasteiger partial charge in [-0.3, -0.25) is 0 Å². The number of halogens is 1. The molecule has 0 atom stereocenters. The van der Waals surface area contributed by atoms with Crippen molar-refractivity contribution in [2.24, 2.45) is 0 Å². The zero-order valence-corrected chi connectivity index (χ0v) is 13.9. The van der Waals surface area contributed by atoms with Gasteiger partial charge in [0.2, 0.25) is 0 Å². The fraction of sp³-hybridized carbons (Fsp3) is 0.294. The van der Waals surface area contributed by atoms with E-state index in [2.05, 4.69) is 46.4 Å². The molecule has 112 valence electrons. The fourth-order valence-electron chi connectivity index (χ4n) is 2.13. The summed E-state index contributed by atoms with van der Waals surface area (Å²) in [4.78, 5) is 0. The molecule has 0 aromatic heterocycles. The lowest BCUT2D eigenvalue weighted by Crippen LogP contribution is -2.02. The molecule has 0 aliphatic carbocycles. The highest BCUT2D eigenvalue weighted by molar-refractivity contribution is 9.10. The molecule has 0 fully saturated rings. The maximum absolute atomic E-state index is 9.41. The minimum Gasteiger partial charge on any atom is -0.494 e. The van der Waals surface area contributed by atoms with Crippen LogP contribution in [0.1, 0.15) is 23.6 Å². The van der Waals surface area contributed by atoms with Crippen molar-refractivity contribution in [1.82, 2.24) is 0 Å². The molecule has 2 rings (SSSR count). The highest BCUT2D eigenvalue weighted by Crippen LogP contribution is 2.24. The summed E-state index contributed by atoms with van der Waals surface area (Å²) in [7, 11) is 0. The Morgan fingerprint density at radius 2 is 2.00 bits per heavy atom. The Morgan fingerprint density at radius 3 is 2.67 bits per heavy atom. The highest BCUT2D eigenvalue weighted by atomic mass is 79.9. The summed E-state index contributed by atoms with van der Waals surface area (Å²) in [6.07, 6.45) is 0. The first kappa shape index (κ1) is 15.9. The van der Waals surface area contributed by atoms with E-state index in [1.807, 2.05) is 25.1 Å². The third-order valence-corrected chi connectivity index (χ3v) is 4.14. The molecule has 0 saturated heterocycles. The molecular weight excluding hydrogens is 330 g/mol. The molecule has 2 aromatic carbocycles. The van der Waals surface area contributed by atoms with Crippen molar-refractivity contribution in [1.29, 1.82) is 0 Å². The number of anilines is 1. The van der Waals surface area contributed by atoms with Crippen molar-refractivity contribution in [3.63, 3.8) is 0 Å². The second kappa shape index (κ2) is 7.48. The van der Waals surface area contributed by atoms with E-state index in [1.165, 1.54) is 11.1 Å². The van der Waals surface area contributed by atoms with Gasteiger partial charge >= 0.3 is 0 Å². The molecule has 2 N–H and O–H groups in total. The highest BCUT2D eigenvalue weighted by Gasteiger charge is 2.04.